The Kier molecular flexibility index (Phi) is 9.99. The third kappa shape index (κ3) is 7.78. The van der Waals surface area contributed by atoms with E-state index in [9.17, 15) is 48.2 Å². The number of ether oxygens (including phenoxy) is 4. The quantitative estimate of drug-likeness (QED) is 0.0515. The molecule has 31 heteroatoms. The van der Waals surface area contributed by atoms with Crippen LogP contribution in [-0.2, 0) is 57.4 Å². The second-order valence-corrected chi connectivity index (χ2v) is 17.5. The molecule has 0 aromatic carbocycles. The minimum absolute atomic E-state index is 0.102. The summed E-state index contributed by atoms with van der Waals surface area (Å²) in [6.45, 7) is 1.26. The molecular formula is C24H34N10O18P3+. The van der Waals surface area contributed by atoms with Crippen molar-refractivity contribution in [3.63, 3.8) is 0 Å². The summed E-state index contributed by atoms with van der Waals surface area (Å²) in [5.41, 5.74) is 9.96. The average Bonchev–Trinajstić information content (AvgIpc) is 3.83. The van der Waals surface area contributed by atoms with E-state index in [4.69, 9.17) is 34.9 Å². The van der Waals surface area contributed by atoms with E-state index in [1.54, 1.807) is 20.9 Å². The van der Waals surface area contributed by atoms with Gasteiger partial charge in [-0.3, -0.25) is 37.7 Å². The van der Waals surface area contributed by atoms with Crippen LogP contribution in [0.3, 0.4) is 0 Å². The number of aryl methyl sites for hydroxylation is 1. The van der Waals surface area contributed by atoms with Crippen LogP contribution in [0.4, 0.5) is 11.9 Å². The number of aliphatic hydroxyl groups is 2. The molecule has 0 aliphatic carbocycles. The van der Waals surface area contributed by atoms with Crippen molar-refractivity contribution in [3.8, 4) is 0 Å². The van der Waals surface area contributed by atoms with E-state index in [-0.39, 0.29) is 34.2 Å². The summed E-state index contributed by atoms with van der Waals surface area (Å²) in [5, 5.41) is 21.1. The molecule has 0 radical (unpaired) electrons. The molecule has 11 atom stereocenters. The number of phosphoric ester groups is 2. The summed E-state index contributed by atoms with van der Waals surface area (Å²) < 4.78 is 83.3. The summed E-state index contributed by atoms with van der Waals surface area (Å²) in [4.78, 5) is 71.8. The van der Waals surface area contributed by atoms with E-state index in [0.717, 1.165) is 10.9 Å². The van der Waals surface area contributed by atoms with E-state index in [2.05, 4.69) is 38.1 Å². The number of H-pyrrole nitrogens is 2. The number of fused-ring (bicyclic) bond motifs is 3. The number of hydrogen-bond donors (Lipinski definition) is 9. The van der Waals surface area contributed by atoms with Gasteiger partial charge in [-0.2, -0.15) is 13.6 Å². The van der Waals surface area contributed by atoms with Crippen LogP contribution in [0.2, 0.25) is 0 Å². The van der Waals surface area contributed by atoms with Gasteiger partial charge in [0.1, 0.15) is 36.6 Å². The van der Waals surface area contributed by atoms with Crippen molar-refractivity contribution < 1.29 is 79.8 Å². The molecule has 28 nitrogen and oxygen atoms in total. The third-order valence-corrected chi connectivity index (χ3v) is 12.7. The Morgan fingerprint density at radius 2 is 1.49 bits per heavy atom. The van der Waals surface area contributed by atoms with Gasteiger partial charge in [0.15, 0.2) is 29.5 Å². The monoisotopic (exact) mass is 843 g/mol. The molecule has 3 aliphatic rings. The number of aromatic amines is 2. The highest BCUT2D eigenvalue weighted by atomic mass is 31.3. The van der Waals surface area contributed by atoms with Crippen LogP contribution in [0, 0.1) is 0 Å². The van der Waals surface area contributed by atoms with Gasteiger partial charge >= 0.3 is 29.1 Å². The van der Waals surface area contributed by atoms with Gasteiger partial charge in [-0.15, -0.1) is 0 Å². The molecule has 3 saturated heterocycles. The highest BCUT2D eigenvalue weighted by Crippen LogP contribution is 2.68. The van der Waals surface area contributed by atoms with Crippen molar-refractivity contribution in [1.29, 1.82) is 0 Å². The maximum absolute atomic E-state index is 12.8. The zero-order chi connectivity index (χ0) is 40.0. The second kappa shape index (κ2) is 13.8. The van der Waals surface area contributed by atoms with Crippen molar-refractivity contribution in [2.45, 2.75) is 68.7 Å². The Hall–Kier alpha value is -3.53. The smallest absolute Gasteiger partial charge is 0.387 e. The van der Waals surface area contributed by atoms with E-state index in [1.807, 2.05) is 0 Å². The molecule has 0 saturated carbocycles. The summed E-state index contributed by atoms with van der Waals surface area (Å²) in [6, 6.07) is 0. The van der Waals surface area contributed by atoms with Gasteiger partial charge in [0, 0.05) is 0 Å². The SMILES string of the molecule is Cn1c[n+]([C@@H]2O[C@H](COP(=O)(O)OP(=O)(O)OP(=O)(O)OC[C@H]3O[C@@H](n4cnc5c(=O)[nH]c(N)nc54)[C@H](O)[C@@H]3O)[C@@H]3OC(C)(C)O[C@H]32)c2nc(N)[nH]c(=O)c21. The maximum Gasteiger partial charge on any atom is 0.490 e. The molecule has 3 unspecified atom stereocenters. The fraction of sp³-hybridized carbons (Fsp3) is 0.583. The number of aliphatic hydroxyl groups excluding tert-OH is 2. The number of aromatic nitrogens is 8. The Morgan fingerprint density at radius 3 is 2.16 bits per heavy atom. The minimum atomic E-state index is -5.96. The number of nitrogens with zero attached hydrogens (tertiary/aromatic N) is 6. The van der Waals surface area contributed by atoms with Crippen LogP contribution in [0.1, 0.15) is 26.3 Å². The predicted molar refractivity (Wildman–Crippen MR) is 176 cm³/mol. The fourth-order valence-corrected chi connectivity index (χ4v) is 9.88. The van der Waals surface area contributed by atoms with Crippen molar-refractivity contribution in [2.75, 3.05) is 24.7 Å². The molecule has 4 aromatic rings. The number of nitrogens with one attached hydrogen (secondary N) is 2. The zero-order valence-corrected chi connectivity index (χ0v) is 31.1. The average molecular weight is 844 g/mol. The normalized spacial score (nSPS) is 31.1. The lowest BCUT2D eigenvalue weighted by Gasteiger charge is -2.24. The molecule has 4 aromatic heterocycles. The van der Waals surface area contributed by atoms with Crippen LogP contribution >= 0.6 is 23.5 Å². The molecule has 0 amide bonds. The molecule has 7 heterocycles. The highest BCUT2D eigenvalue weighted by molar-refractivity contribution is 7.66. The number of imidazole rings is 2. The Balaban J connectivity index is 0.978. The second-order valence-electron chi connectivity index (χ2n) is 12.9. The lowest BCUT2D eigenvalue weighted by molar-refractivity contribution is -0.746. The van der Waals surface area contributed by atoms with Crippen molar-refractivity contribution in [3.05, 3.63) is 33.4 Å². The Labute approximate surface area is 305 Å². The number of phosphoric acid groups is 3. The lowest BCUT2D eigenvalue weighted by Crippen LogP contribution is -2.46. The van der Waals surface area contributed by atoms with E-state index in [0.29, 0.717) is 0 Å². The third-order valence-electron chi connectivity index (χ3n) is 8.47. The summed E-state index contributed by atoms with van der Waals surface area (Å²) >= 11 is 0. The van der Waals surface area contributed by atoms with Crippen LogP contribution in [-0.4, -0.2) is 115 Å². The van der Waals surface area contributed by atoms with Gasteiger partial charge in [0.25, 0.3) is 17.1 Å². The van der Waals surface area contributed by atoms with E-state index < -0.39 is 103 Å². The van der Waals surface area contributed by atoms with Crippen molar-refractivity contribution in [2.24, 2.45) is 7.05 Å². The summed E-state index contributed by atoms with van der Waals surface area (Å²) in [5.74, 6) is -1.68. The molecule has 3 aliphatic heterocycles. The molecule has 7 rings (SSSR count). The first-order valence-electron chi connectivity index (χ1n) is 15.7. The molecule has 55 heavy (non-hydrogen) atoms. The maximum atomic E-state index is 12.8. The highest BCUT2D eigenvalue weighted by Gasteiger charge is 2.58. The van der Waals surface area contributed by atoms with Gasteiger partial charge < -0.3 is 55.3 Å². The van der Waals surface area contributed by atoms with Crippen LogP contribution in [0.5, 0.6) is 0 Å². The minimum Gasteiger partial charge on any atom is -0.387 e. The molecule has 11 N–H and O–H groups in total. The first kappa shape index (κ1) is 39.7. The first-order chi connectivity index (χ1) is 25.5. The standard InChI is InChI=1S/C24H33N10O18P3/c1-24(2)49-14-9(48-21(15(14)50-24)34-7-32(3)11-17(34)29-23(26)31-19(11)38)5-46-54(41,42)52-55(43,44)51-53(39,40)45-4-8-12(35)13(36)20(47-8)33-6-27-10-16(33)28-22(25)30-18(10)37/h6-9,12-15,20-21,35-36H,4-5H2,1-3H3,(H8-,25,26,28,29,30,31,37,38,39,40,41,42,43,44)/p+1/t8-,9-,12-,13-,14+,15-,20-,21-/m1/s1. The molecule has 0 spiro atoms. The number of nitrogen functional groups attached to an aromatic ring is 2. The van der Waals surface area contributed by atoms with Crippen LogP contribution in [0.25, 0.3) is 22.3 Å². The molecule has 302 valence electrons. The van der Waals surface area contributed by atoms with Gasteiger partial charge in [-0.25, -0.2) is 23.2 Å². The van der Waals surface area contributed by atoms with Crippen LogP contribution in [0.15, 0.2) is 22.2 Å². The predicted octanol–water partition coefficient (Wildman–Crippen LogP) is -2.75. The van der Waals surface area contributed by atoms with E-state index in [1.165, 1.54) is 15.5 Å². The van der Waals surface area contributed by atoms with Gasteiger partial charge in [0.2, 0.25) is 17.7 Å². The largest absolute Gasteiger partial charge is 0.490 e. The topological polar surface area (TPSA) is 396 Å². The Bertz CT molecular complexity index is 2420. The zero-order valence-electron chi connectivity index (χ0n) is 28.4. The number of rotatable bonds is 12. The fourth-order valence-electron chi connectivity index (χ4n) is 6.36. The molecule has 3 fully saturated rings. The van der Waals surface area contributed by atoms with Crippen molar-refractivity contribution >= 4 is 57.7 Å². The Morgan fingerprint density at radius 1 is 0.891 bits per heavy atom. The molecular weight excluding hydrogens is 809 g/mol. The number of nitrogens with two attached hydrogens (primary N) is 2. The number of anilines is 2. The molecule has 0 bridgehead atoms. The van der Waals surface area contributed by atoms with Gasteiger partial charge in [0.05, 0.1) is 26.6 Å². The van der Waals surface area contributed by atoms with Crippen molar-refractivity contribution in [1.82, 2.24) is 34.1 Å². The number of hydrogen-bond acceptors (Lipinski definition) is 20. The first-order valence-corrected chi connectivity index (χ1v) is 20.2. The van der Waals surface area contributed by atoms with Gasteiger partial charge in [-0.1, -0.05) is 4.98 Å². The summed E-state index contributed by atoms with van der Waals surface area (Å²) in [7, 11) is -15.7. The summed E-state index contributed by atoms with van der Waals surface area (Å²) in [6.07, 6.45) is -8.29. The van der Waals surface area contributed by atoms with Crippen LogP contribution < -0.4 is 27.2 Å². The lowest BCUT2D eigenvalue weighted by atomic mass is 10.1. The van der Waals surface area contributed by atoms with Gasteiger partial charge in [-0.05, 0) is 13.8 Å². The van der Waals surface area contributed by atoms with E-state index >= 15 is 0 Å².